The van der Waals surface area contributed by atoms with Crippen molar-refractivity contribution in [3.05, 3.63) is 90.6 Å². The first kappa shape index (κ1) is 23.4. The van der Waals surface area contributed by atoms with Crippen molar-refractivity contribution >= 4 is 23.4 Å². The van der Waals surface area contributed by atoms with Crippen LogP contribution in [0, 0.1) is 0 Å². The van der Waals surface area contributed by atoms with Gasteiger partial charge in [-0.2, -0.15) is 8.78 Å². The zero-order valence-electron chi connectivity index (χ0n) is 18.2. The molecule has 7 nitrogen and oxygen atoms in total. The number of aromatic hydroxyl groups is 1. The number of alkyl halides is 2. The minimum atomic E-state index is -2.92. The highest BCUT2D eigenvalue weighted by molar-refractivity contribution is 7.07. The normalized spacial score (nSPS) is 15.8. The number of esters is 1. The van der Waals surface area contributed by atoms with Crippen molar-refractivity contribution in [2.24, 2.45) is 4.99 Å². The third-order valence-corrected chi connectivity index (χ3v) is 6.11. The molecule has 0 saturated heterocycles. The predicted molar refractivity (Wildman–Crippen MR) is 122 cm³/mol. The van der Waals surface area contributed by atoms with Crippen molar-refractivity contribution in [1.29, 1.82) is 0 Å². The number of hydrogen-bond donors (Lipinski definition) is 1. The molecular formula is C24H20F2N2O5S. The van der Waals surface area contributed by atoms with E-state index < -0.39 is 18.6 Å². The summed E-state index contributed by atoms with van der Waals surface area (Å²) in [5.41, 5.74) is 1.51. The number of fused-ring (bicyclic) bond motifs is 1. The standard InChI is InChI=1S/C24H20F2N2O5S/c1-3-32-22(31)19-13(2)27-24-28(20(19)15-6-8-16(29)9-7-15)21(30)18(34-24)12-14-4-10-17(11-5-14)33-23(25)26/h4-12,20,23,29H,3H2,1-2H3. The van der Waals surface area contributed by atoms with Gasteiger partial charge in [0.25, 0.3) is 5.56 Å². The molecule has 0 radical (unpaired) electrons. The fourth-order valence-electron chi connectivity index (χ4n) is 3.66. The molecule has 2 heterocycles. The zero-order chi connectivity index (χ0) is 24.4. The van der Waals surface area contributed by atoms with E-state index in [-0.39, 0.29) is 29.2 Å². The number of hydrogen-bond acceptors (Lipinski definition) is 7. The molecule has 0 bridgehead atoms. The number of phenolic OH excluding ortho intramolecular Hbond substituents is 1. The fraction of sp³-hybridized carbons (Fsp3) is 0.208. The van der Waals surface area contributed by atoms with Crippen LogP contribution in [-0.2, 0) is 9.53 Å². The van der Waals surface area contributed by atoms with Gasteiger partial charge in [0.2, 0.25) is 0 Å². The predicted octanol–water partition coefficient (Wildman–Crippen LogP) is 3.11. The second kappa shape index (κ2) is 9.60. The Morgan fingerprint density at radius 3 is 2.50 bits per heavy atom. The van der Waals surface area contributed by atoms with E-state index >= 15 is 0 Å². The summed E-state index contributed by atoms with van der Waals surface area (Å²) in [6.07, 6.45) is 1.62. The van der Waals surface area contributed by atoms with Gasteiger partial charge in [0, 0.05) is 0 Å². The molecule has 176 valence electrons. The number of carbonyl (C=O) groups is 1. The van der Waals surface area contributed by atoms with Crippen LogP contribution in [0.25, 0.3) is 6.08 Å². The molecule has 1 N–H and O–H groups in total. The molecule has 4 rings (SSSR count). The molecule has 10 heteroatoms. The molecule has 34 heavy (non-hydrogen) atoms. The van der Waals surface area contributed by atoms with Crippen LogP contribution in [0.5, 0.6) is 11.5 Å². The Morgan fingerprint density at radius 2 is 1.88 bits per heavy atom. The summed E-state index contributed by atoms with van der Waals surface area (Å²) in [4.78, 5) is 31.1. The van der Waals surface area contributed by atoms with Gasteiger partial charge >= 0.3 is 12.6 Å². The van der Waals surface area contributed by atoms with E-state index in [9.17, 15) is 23.5 Å². The second-order valence-electron chi connectivity index (χ2n) is 7.34. The summed E-state index contributed by atoms with van der Waals surface area (Å²) >= 11 is 1.15. The molecular weight excluding hydrogens is 466 g/mol. The van der Waals surface area contributed by atoms with E-state index in [1.165, 1.54) is 28.8 Å². The number of benzene rings is 2. The Labute approximate surface area is 196 Å². The van der Waals surface area contributed by atoms with Crippen LogP contribution in [0.1, 0.15) is 31.0 Å². The van der Waals surface area contributed by atoms with E-state index in [0.717, 1.165) is 11.3 Å². The molecule has 0 amide bonds. The van der Waals surface area contributed by atoms with Crippen molar-refractivity contribution < 1.29 is 28.2 Å². The highest BCUT2D eigenvalue weighted by Gasteiger charge is 2.33. The first-order valence-electron chi connectivity index (χ1n) is 10.3. The highest BCUT2D eigenvalue weighted by Crippen LogP contribution is 2.31. The summed E-state index contributed by atoms with van der Waals surface area (Å²) in [6, 6.07) is 11.3. The number of halogens is 2. The van der Waals surface area contributed by atoms with Crippen molar-refractivity contribution in [2.75, 3.05) is 6.61 Å². The molecule has 0 aliphatic carbocycles. The molecule has 2 aromatic carbocycles. The number of nitrogens with zero attached hydrogens (tertiary/aromatic N) is 2. The first-order valence-corrected chi connectivity index (χ1v) is 11.1. The van der Waals surface area contributed by atoms with Gasteiger partial charge in [0.1, 0.15) is 11.5 Å². The van der Waals surface area contributed by atoms with Crippen LogP contribution in [0.4, 0.5) is 8.78 Å². The molecule has 0 spiro atoms. The number of rotatable bonds is 6. The molecule has 1 aromatic heterocycles. The molecule has 0 fully saturated rings. The summed E-state index contributed by atoms with van der Waals surface area (Å²) in [5, 5.41) is 9.71. The van der Waals surface area contributed by atoms with Crippen LogP contribution in [0.3, 0.4) is 0 Å². The van der Waals surface area contributed by atoms with Crippen LogP contribution >= 0.6 is 11.3 Å². The monoisotopic (exact) mass is 486 g/mol. The fourth-order valence-corrected chi connectivity index (χ4v) is 4.71. The molecule has 1 unspecified atom stereocenters. The van der Waals surface area contributed by atoms with Gasteiger partial charge in [-0.15, -0.1) is 0 Å². The van der Waals surface area contributed by atoms with Crippen LogP contribution in [0.15, 0.2) is 69.6 Å². The molecule has 0 saturated carbocycles. The average Bonchev–Trinajstić information content (AvgIpc) is 3.09. The van der Waals surface area contributed by atoms with Gasteiger partial charge in [-0.05, 0) is 55.3 Å². The zero-order valence-corrected chi connectivity index (χ0v) is 19.0. The summed E-state index contributed by atoms with van der Waals surface area (Å²) < 4.78 is 36.1. The minimum Gasteiger partial charge on any atom is -0.508 e. The largest absolute Gasteiger partial charge is 0.508 e. The number of allylic oxidation sites excluding steroid dienone is 1. The van der Waals surface area contributed by atoms with E-state index in [0.29, 0.717) is 26.2 Å². The average molecular weight is 486 g/mol. The first-order chi connectivity index (χ1) is 16.3. The van der Waals surface area contributed by atoms with Crippen molar-refractivity contribution in [3.63, 3.8) is 0 Å². The van der Waals surface area contributed by atoms with Crippen LogP contribution < -0.4 is 19.6 Å². The topological polar surface area (TPSA) is 90.1 Å². The Bertz CT molecular complexity index is 1420. The quantitative estimate of drug-likeness (QED) is 0.541. The SMILES string of the molecule is CCOC(=O)C1=C(C)N=c2sc(=Cc3ccc(OC(F)F)cc3)c(=O)n2C1c1ccc(O)cc1. The van der Waals surface area contributed by atoms with Gasteiger partial charge in [-0.25, -0.2) is 9.79 Å². The van der Waals surface area contributed by atoms with E-state index in [1.54, 1.807) is 44.2 Å². The van der Waals surface area contributed by atoms with Gasteiger partial charge in [-0.1, -0.05) is 35.6 Å². The lowest BCUT2D eigenvalue weighted by molar-refractivity contribution is -0.139. The van der Waals surface area contributed by atoms with Gasteiger partial charge in [0.05, 0.1) is 28.5 Å². The molecule has 1 aliphatic heterocycles. The number of thiazole rings is 1. The number of ether oxygens (including phenoxy) is 2. The summed E-state index contributed by atoms with van der Waals surface area (Å²) in [6.45, 7) is 0.605. The van der Waals surface area contributed by atoms with Crippen molar-refractivity contribution in [2.45, 2.75) is 26.5 Å². The third-order valence-electron chi connectivity index (χ3n) is 5.13. The smallest absolute Gasteiger partial charge is 0.387 e. The maximum atomic E-state index is 13.4. The lowest BCUT2D eigenvalue weighted by Crippen LogP contribution is -2.39. The van der Waals surface area contributed by atoms with Crippen molar-refractivity contribution in [1.82, 2.24) is 4.57 Å². The Kier molecular flexibility index (Phi) is 6.60. The van der Waals surface area contributed by atoms with E-state index in [1.807, 2.05) is 0 Å². The maximum Gasteiger partial charge on any atom is 0.387 e. The summed E-state index contributed by atoms with van der Waals surface area (Å²) in [5.74, 6) is -0.518. The Hall–Kier alpha value is -3.79. The van der Waals surface area contributed by atoms with E-state index in [4.69, 9.17) is 4.74 Å². The van der Waals surface area contributed by atoms with Crippen molar-refractivity contribution in [3.8, 4) is 11.5 Å². The second-order valence-corrected chi connectivity index (χ2v) is 8.35. The van der Waals surface area contributed by atoms with Gasteiger partial charge < -0.3 is 14.6 Å². The lowest BCUT2D eigenvalue weighted by Gasteiger charge is -2.24. The summed E-state index contributed by atoms with van der Waals surface area (Å²) in [7, 11) is 0. The Balaban J connectivity index is 1.85. The number of aromatic nitrogens is 1. The number of carbonyl (C=O) groups excluding carboxylic acids is 1. The number of phenols is 1. The minimum absolute atomic E-state index is 0.00985. The highest BCUT2D eigenvalue weighted by atomic mass is 32.1. The molecule has 1 atom stereocenters. The van der Waals surface area contributed by atoms with E-state index in [2.05, 4.69) is 9.73 Å². The third kappa shape index (κ3) is 4.62. The Morgan fingerprint density at radius 1 is 1.21 bits per heavy atom. The maximum absolute atomic E-state index is 13.4. The van der Waals surface area contributed by atoms with Crippen LogP contribution in [-0.4, -0.2) is 28.9 Å². The van der Waals surface area contributed by atoms with Crippen LogP contribution in [0.2, 0.25) is 0 Å². The van der Waals surface area contributed by atoms with Gasteiger partial charge in [-0.3, -0.25) is 9.36 Å². The molecule has 3 aromatic rings. The van der Waals surface area contributed by atoms with Gasteiger partial charge in [0.15, 0.2) is 4.80 Å². The lowest BCUT2D eigenvalue weighted by atomic mass is 9.96. The molecule has 1 aliphatic rings.